The van der Waals surface area contributed by atoms with Crippen molar-refractivity contribution >= 4 is 0 Å². The van der Waals surface area contributed by atoms with Crippen LogP contribution < -0.4 is 0 Å². The zero-order valence-corrected chi connectivity index (χ0v) is 12.2. The van der Waals surface area contributed by atoms with Crippen LogP contribution in [0.3, 0.4) is 0 Å². The van der Waals surface area contributed by atoms with Gasteiger partial charge in [0.15, 0.2) is 0 Å². The maximum Gasteiger partial charge on any atom is 0.0607 e. The standard InChI is InChI=1S/C18H26O/c1-18(2)11-7-6-10-16(18)17(19)15-12-14(15)13-8-4-3-5-9-13/h3-5,8-9,14-17,19H,6-7,10-12H2,1-2H3. The van der Waals surface area contributed by atoms with Crippen molar-refractivity contribution < 1.29 is 5.11 Å². The predicted molar refractivity (Wildman–Crippen MR) is 79.0 cm³/mol. The van der Waals surface area contributed by atoms with Crippen molar-refractivity contribution in [3.63, 3.8) is 0 Å². The molecule has 4 atom stereocenters. The van der Waals surface area contributed by atoms with Crippen molar-refractivity contribution in [1.82, 2.24) is 0 Å². The maximum atomic E-state index is 10.8. The second-order valence-electron chi connectivity index (χ2n) is 7.25. The minimum atomic E-state index is -0.0968. The molecule has 19 heavy (non-hydrogen) atoms. The summed E-state index contributed by atoms with van der Waals surface area (Å²) in [6, 6.07) is 10.7. The molecule has 0 heterocycles. The van der Waals surface area contributed by atoms with E-state index < -0.39 is 0 Å². The highest BCUT2D eigenvalue weighted by Gasteiger charge is 2.49. The molecule has 0 spiro atoms. The fourth-order valence-corrected chi connectivity index (χ4v) is 4.13. The first-order valence-electron chi connectivity index (χ1n) is 7.82. The number of hydrogen-bond donors (Lipinski definition) is 1. The zero-order valence-electron chi connectivity index (χ0n) is 12.2. The van der Waals surface area contributed by atoms with E-state index in [1.54, 1.807) is 0 Å². The smallest absolute Gasteiger partial charge is 0.0607 e. The summed E-state index contributed by atoms with van der Waals surface area (Å²) in [6.45, 7) is 4.69. The first-order valence-corrected chi connectivity index (χ1v) is 7.82. The molecule has 0 saturated heterocycles. The first kappa shape index (κ1) is 13.2. The Labute approximate surface area is 117 Å². The molecule has 2 saturated carbocycles. The maximum absolute atomic E-state index is 10.8. The van der Waals surface area contributed by atoms with E-state index in [1.165, 1.54) is 37.7 Å². The summed E-state index contributed by atoms with van der Waals surface area (Å²) < 4.78 is 0. The molecule has 0 aliphatic heterocycles. The Morgan fingerprint density at radius 1 is 1.16 bits per heavy atom. The van der Waals surface area contributed by atoms with Gasteiger partial charge < -0.3 is 5.11 Å². The van der Waals surface area contributed by atoms with Crippen LogP contribution in [0, 0.1) is 17.3 Å². The number of aliphatic hydroxyl groups excluding tert-OH is 1. The van der Waals surface area contributed by atoms with Crippen LogP contribution in [0.1, 0.15) is 57.4 Å². The van der Waals surface area contributed by atoms with Gasteiger partial charge in [-0.2, -0.15) is 0 Å². The summed E-state index contributed by atoms with van der Waals surface area (Å²) in [5, 5.41) is 10.8. The normalized spacial score (nSPS) is 34.8. The minimum Gasteiger partial charge on any atom is -0.393 e. The molecule has 1 nitrogen and oxygen atoms in total. The van der Waals surface area contributed by atoms with Crippen LogP contribution in [0.2, 0.25) is 0 Å². The molecule has 0 bridgehead atoms. The van der Waals surface area contributed by atoms with Crippen molar-refractivity contribution in [1.29, 1.82) is 0 Å². The third-order valence-corrected chi connectivity index (χ3v) is 5.51. The first-order chi connectivity index (χ1) is 9.09. The molecule has 1 heteroatoms. The van der Waals surface area contributed by atoms with E-state index in [-0.39, 0.29) is 6.10 Å². The van der Waals surface area contributed by atoms with E-state index in [1.807, 2.05) is 0 Å². The van der Waals surface area contributed by atoms with Gasteiger partial charge in [-0.1, -0.05) is 57.0 Å². The van der Waals surface area contributed by atoms with Crippen molar-refractivity contribution in [3.8, 4) is 0 Å². The number of aliphatic hydroxyl groups is 1. The summed E-state index contributed by atoms with van der Waals surface area (Å²) in [7, 11) is 0. The lowest BCUT2D eigenvalue weighted by molar-refractivity contribution is -0.00831. The van der Waals surface area contributed by atoms with Gasteiger partial charge in [-0.15, -0.1) is 0 Å². The molecule has 2 aliphatic carbocycles. The monoisotopic (exact) mass is 258 g/mol. The van der Waals surface area contributed by atoms with Gasteiger partial charge in [-0.05, 0) is 48.0 Å². The quantitative estimate of drug-likeness (QED) is 0.853. The lowest BCUT2D eigenvalue weighted by atomic mass is 9.65. The zero-order chi connectivity index (χ0) is 13.5. The van der Waals surface area contributed by atoms with Gasteiger partial charge in [0, 0.05) is 0 Å². The highest BCUT2D eigenvalue weighted by Crippen LogP contribution is 2.55. The van der Waals surface area contributed by atoms with Gasteiger partial charge in [0.05, 0.1) is 6.10 Å². The average Bonchev–Trinajstić information content (AvgIpc) is 3.19. The fraction of sp³-hybridized carbons (Fsp3) is 0.667. The van der Waals surface area contributed by atoms with Crippen molar-refractivity contribution in [3.05, 3.63) is 35.9 Å². The van der Waals surface area contributed by atoms with Crippen LogP contribution in [0.4, 0.5) is 0 Å². The van der Waals surface area contributed by atoms with Gasteiger partial charge in [0.1, 0.15) is 0 Å². The van der Waals surface area contributed by atoms with E-state index >= 15 is 0 Å². The molecule has 0 aromatic heterocycles. The number of hydrogen-bond acceptors (Lipinski definition) is 1. The summed E-state index contributed by atoms with van der Waals surface area (Å²) in [5.41, 5.74) is 1.74. The Morgan fingerprint density at radius 3 is 2.58 bits per heavy atom. The Bertz CT molecular complexity index is 423. The molecule has 0 amide bonds. The van der Waals surface area contributed by atoms with Gasteiger partial charge in [-0.3, -0.25) is 0 Å². The van der Waals surface area contributed by atoms with Gasteiger partial charge in [0.2, 0.25) is 0 Å². The third-order valence-electron chi connectivity index (χ3n) is 5.51. The molecule has 1 aromatic carbocycles. The van der Waals surface area contributed by atoms with E-state index in [9.17, 15) is 5.11 Å². The molecule has 4 unspecified atom stereocenters. The Kier molecular flexibility index (Phi) is 3.42. The second kappa shape index (κ2) is 4.94. The van der Waals surface area contributed by atoms with Crippen LogP contribution >= 0.6 is 0 Å². The molecule has 2 fully saturated rings. The third kappa shape index (κ3) is 2.58. The molecule has 3 rings (SSSR count). The highest BCUT2D eigenvalue weighted by molar-refractivity contribution is 5.26. The van der Waals surface area contributed by atoms with Crippen LogP contribution in [0.15, 0.2) is 30.3 Å². The Hall–Kier alpha value is -0.820. The molecule has 1 N–H and O–H groups in total. The summed E-state index contributed by atoms with van der Waals surface area (Å²) in [5.74, 6) is 1.61. The van der Waals surface area contributed by atoms with Crippen LogP contribution in [-0.4, -0.2) is 11.2 Å². The molecule has 1 aromatic rings. The van der Waals surface area contributed by atoms with Gasteiger partial charge in [-0.25, -0.2) is 0 Å². The van der Waals surface area contributed by atoms with Crippen molar-refractivity contribution in [2.75, 3.05) is 0 Å². The van der Waals surface area contributed by atoms with E-state index in [0.29, 0.717) is 23.2 Å². The molecule has 104 valence electrons. The SMILES string of the molecule is CC1(C)CCCCC1C(O)C1CC1c1ccccc1. The van der Waals surface area contributed by atoms with Crippen LogP contribution in [0.25, 0.3) is 0 Å². The number of rotatable bonds is 3. The average molecular weight is 258 g/mol. The van der Waals surface area contributed by atoms with Crippen molar-refractivity contribution in [2.24, 2.45) is 17.3 Å². The van der Waals surface area contributed by atoms with E-state index in [4.69, 9.17) is 0 Å². The second-order valence-corrected chi connectivity index (χ2v) is 7.25. The van der Waals surface area contributed by atoms with Gasteiger partial charge in [0.25, 0.3) is 0 Å². The molecular weight excluding hydrogens is 232 g/mol. The molecular formula is C18H26O. The lowest BCUT2D eigenvalue weighted by Gasteiger charge is -2.41. The number of benzene rings is 1. The summed E-state index contributed by atoms with van der Waals surface area (Å²) in [4.78, 5) is 0. The van der Waals surface area contributed by atoms with E-state index in [0.717, 1.165) is 0 Å². The summed E-state index contributed by atoms with van der Waals surface area (Å²) in [6.07, 6.45) is 6.21. The lowest BCUT2D eigenvalue weighted by Crippen LogP contribution is -2.38. The van der Waals surface area contributed by atoms with E-state index in [2.05, 4.69) is 44.2 Å². The van der Waals surface area contributed by atoms with Crippen LogP contribution in [-0.2, 0) is 0 Å². The van der Waals surface area contributed by atoms with Crippen molar-refractivity contribution in [2.45, 2.75) is 58.0 Å². The topological polar surface area (TPSA) is 20.2 Å². The van der Waals surface area contributed by atoms with Gasteiger partial charge >= 0.3 is 0 Å². The summed E-state index contributed by atoms with van der Waals surface area (Å²) >= 11 is 0. The Balaban J connectivity index is 1.68. The highest BCUT2D eigenvalue weighted by atomic mass is 16.3. The fourth-order valence-electron chi connectivity index (χ4n) is 4.13. The molecule has 2 aliphatic rings. The molecule has 0 radical (unpaired) electrons. The minimum absolute atomic E-state index is 0.0968. The van der Waals surface area contributed by atoms with Crippen LogP contribution in [0.5, 0.6) is 0 Å². The Morgan fingerprint density at radius 2 is 1.89 bits per heavy atom. The largest absolute Gasteiger partial charge is 0.393 e. The predicted octanol–water partition coefficient (Wildman–Crippen LogP) is 4.37.